The van der Waals surface area contributed by atoms with Crippen molar-refractivity contribution in [1.82, 2.24) is 15.3 Å². The Bertz CT molecular complexity index is 647. The summed E-state index contributed by atoms with van der Waals surface area (Å²) in [5.41, 5.74) is 0. The summed E-state index contributed by atoms with van der Waals surface area (Å²) in [4.78, 5) is 10.6. The lowest BCUT2D eigenvalue weighted by Crippen LogP contribution is -2.28. The molecule has 116 valence electrons. The molecule has 1 aromatic heterocycles. The highest BCUT2D eigenvalue weighted by atomic mass is 35.5. The van der Waals surface area contributed by atoms with E-state index in [4.69, 9.17) is 16.3 Å². The van der Waals surface area contributed by atoms with Gasteiger partial charge in [0.15, 0.2) is 0 Å². The van der Waals surface area contributed by atoms with E-state index in [0.29, 0.717) is 11.6 Å². The zero-order valence-electron chi connectivity index (χ0n) is 11.9. The molecule has 3 rings (SSSR count). The predicted molar refractivity (Wildman–Crippen MR) is 83.2 cm³/mol. The first kappa shape index (κ1) is 15.0. The lowest BCUT2D eigenvalue weighted by Gasteiger charge is -2.21. The number of benzene rings is 1. The summed E-state index contributed by atoms with van der Waals surface area (Å²) < 4.78 is 18.8. The first-order valence-corrected chi connectivity index (χ1v) is 7.51. The van der Waals surface area contributed by atoms with Gasteiger partial charge >= 0.3 is 0 Å². The highest BCUT2D eigenvalue weighted by molar-refractivity contribution is 6.30. The first-order chi connectivity index (χ1) is 10.7. The van der Waals surface area contributed by atoms with Gasteiger partial charge in [0.1, 0.15) is 23.7 Å². The van der Waals surface area contributed by atoms with Crippen molar-refractivity contribution in [2.45, 2.75) is 6.42 Å². The number of anilines is 1. The molecule has 22 heavy (non-hydrogen) atoms. The van der Waals surface area contributed by atoms with Crippen molar-refractivity contribution in [3.05, 3.63) is 41.4 Å². The number of aromatic nitrogens is 2. The van der Waals surface area contributed by atoms with Gasteiger partial charge < -0.3 is 15.0 Å². The van der Waals surface area contributed by atoms with E-state index in [-0.39, 0.29) is 5.02 Å². The maximum Gasteiger partial charge on any atom is 0.224 e. The lowest BCUT2D eigenvalue weighted by molar-refractivity contribution is 0.459. The molecular weight excluding hydrogens is 307 g/mol. The van der Waals surface area contributed by atoms with E-state index in [1.807, 2.05) is 0 Å². The molecule has 0 atom stereocenters. The second kappa shape index (κ2) is 6.89. The number of ether oxygens (including phenoxy) is 1. The molecule has 7 heteroatoms. The molecule has 2 aromatic rings. The van der Waals surface area contributed by atoms with E-state index in [1.54, 1.807) is 6.07 Å². The zero-order valence-corrected chi connectivity index (χ0v) is 12.7. The molecule has 1 saturated heterocycles. The molecule has 1 fully saturated rings. The van der Waals surface area contributed by atoms with Gasteiger partial charge in [-0.05, 0) is 25.1 Å². The van der Waals surface area contributed by atoms with Crippen LogP contribution in [0.15, 0.2) is 30.6 Å². The normalized spacial score (nSPS) is 15.5. The summed E-state index contributed by atoms with van der Waals surface area (Å²) in [7, 11) is 0. The Balaban J connectivity index is 1.76. The molecule has 0 amide bonds. The number of hydrogen-bond donors (Lipinski definition) is 1. The fourth-order valence-corrected chi connectivity index (χ4v) is 2.47. The van der Waals surface area contributed by atoms with E-state index in [1.165, 1.54) is 24.5 Å². The average molecular weight is 323 g/mol. The van der Waals surface area contributed by atoms with E-state index >= 15 is 0 Å². The van der Waals surface area contributed by atoms with Gasteiger partial charge in [-0.2, -0.15) is 0 Å². The number of hydrogen-bond acceptors (Lipinski definition) is 5. The summed E-state index contributed by atoms with van der Waals surface area (Å²) in [5, 5.41) is 3.37. The van der Waals surface area contributed by atoms with Crippen LogP contribution in [0.3, 0.4) is 0 Å². The number of nitrogens with zero attached hydrogens (tertiary/aromatic N) is 3. The maximum absolute atomic E-state index is 13.2. The summed E-state index contributed by atoms with van der Waals surface area (Å²) in [5.74, 6) is 1.19. The maximum atomic E-state index is 13.2. The smallest absolute Gasteiger partial charge is 0.224 e. The number of nitrogens with one attached hydrogen (secondary N) is 1. The summed E-state index contributed by atoms with van der Waals surface area (Å²) in [6, 6.07) is 5.98. The van der Waals surface area contributed by atoms with Crippen LogP contribution >= 0.6 is 11.6 Å². The molecule has 0 aliphatic carbocycles. The minimum atomic E-state index is -0.477. The van der Waals surface area contributed by atoms with Crippen LogP contribution in [-0.4, -0.2) is 36.1 Å². The van der Waals surface area contributed by atoms with Gasteiger partial charge in [0.2, 0.25) is 5.88 Å². The van der Waals surface area contributed by atoms with Crippen LogP contribution in [0.4, 0.5) is 10.2 Å². The van der Waals surface area contributed by atoms with Crippen molar-refractivity contribution in [3.63, 3.8) is 0 Å². The number of halogens is 2. The molecule has 1 aliphatic rings. The Morgan fingerprint density at radius 2 is 2.09 bits per heavy atom. The Morgan fingerprint density at radius 3 is 2.95 bits per heavy atom. The second-order valence-electron chi connectivity index (χ2n) is 4.98. The van der Waals surface area contributed by atoms with Crippen LogP contribution in [0.5, 0.6) is 11.6 Å². The van der Waals surface area contributed by atoms with Crippen molar-refractivity contribution >= 4 is 17.4 Å². The molecule has 5 nitrogen and oxygen atoms in total. The molecule has 1 aromatic carbocycles. The van der Waals surface area contributed by atoms with Gasteiger partial charge in [-0.25, -0.2) is 14.4 Å². The van der Waals surface area contributed by atoms with E-state index in [0.717, 1.165) is 38.4 Å². The molecule has 1 N–H and O–H groups in total. The van der Waals surface area contributed by atoms with Crippen molar-refractivity contribution in [3.8, 4) is 11.6 Å². The van der Waals surface area contributed by atoms with Crippen LogP contribution in [0.25, 0.3) is 0 Å². The molecule has 0 radical (unpaired) electrons. The van der Waals surface area contributed by atoms with Gasteiger partial charge in [0, 0.05) is 31.8 Å². The van der Waals surface area contributed by atoms with Gasteiger partial charge in [-0.15, -0.1) is 0 Å². The van der Waals surface area contributed by atoms with Gasteiger partial charge in [-0.1, -0.05) is 11.6 Å². The van der Waals surface area contributed by atoms with Crippen LogP contribution in [0.1, 0.15) is 6.42 Å². The van der Waals surface area contributed by atoms with Crippen LogP contribution in [0.2, 0.25) is 5.02 Å². The molecule has 0 unspecified atom stereocenters. The Labute approximate surface area is 133 Å². The van der Waals surface area contributed by atoms with Crippen LogP contribution < -0.4 is 15.0 Å². The third-order valence-corrected chi connectivity index (χ3v) is 3.69. The Kier molecular flexibility index (Phi) is 4.70. The van der Waals surface area contributed by atoms with Crippen molar-refractivity contribution in [1.29, 1.82) is 0 Å². The highest BCUT2D eigenvalue weighted by Crippen LogP contribution is 2.26. The number of rotatable bonds is 3. The molecule has 0 bridgehead atoms. The van der Waals surface area contributed by atoms with Gasteiger partial charge in [-0.3, -0.25) is 0 Å². The predicted octanol–water partition coefficient (Wildman–Crippen LogP) is 2.86. The minimum absolute atomic E-state index is 0.0189. The van der Waals surface area contributed by atoms with E-state index in [2.05, 4.69) is 20.2 Å². The largest absolute Gasteiger partial charge is 0.439 e. The summed E-state index contributed by atoms with van der Waals surface area (Å²) >= 11 is 5.75. The van der Waals surface area contributed by atoms with Gasteiger partial charge in [0.05, 0.1) is 5.02 Å². The van der Waals surface area contributed by atoms with E-state index < -0.39 is 5.82 Å². The van der Waals surface area contributed by atoms with Crippen molar-refractivity contribution in [2.24, 2.45) is 0 Å². The molecule has 2 heterocycles. The van der Waals surface area contributed by atoms with Crippen LogP contribution in [0, 0.1) is 5.82 Å². The van der Waals surface area contributed by atoms with Crippen molar-refractivity contribution in [2.75, 3.05) is 31.1 Å². The molecular formula is C15H16ClFN4O. The molecule has 0 saturated carbocycles. The summed E-state index contributed by atoms with van der Waals surface area (Å²) in [6.45, 7) is 3.76. The van der Waals surface area contributed by atoms with E-state index in [9.17, 15) is 4.39 Å². The first-order valence-electron chi connectivity index (χ1n) is 7.13. The van der Waals surface area contributed by atoms with Crippen LogP contribution in [-0.2, 0) is 0 Å². The fourth-order valence-electron chi connectivity index (χ4n) is 2.29. The topological polar surface area (TPSA) is 50.3 Å². The third kappa shape index (κ3) is 3.64. The zero-order chi connectivity index (χ0) is 15.4. The SMILES string of the molecule is Fc1ccc(Oc2cc(N3CCCNCC3)ncn2)cc1Cl. The van der Waals surface area contributed by atoms with Crippen molar-refractivity contribution < 1.29 is 9.13 Å². The average Bonchev–Trinajstić information content (AvgIpc) is 2.80. The summed E-state index contributed by atoms with van der Waals surface area (Å²) in [6.07, 6.45) is 2.53. The van der Waals surface area contributed by atoms with Gasteiger partial charge in [0.25, 0.3) is 0 Å². The molecule has 1 aliphatic heterocycles. The monoisotopic (exact) mass is 322 g/mol. The minimum Gasteiger partial charge on any atom is -0.439 e. The molecule has 0 spiro atoms. The highest BCUT2D eigenvalue weighted by Gasteiger charge is 2.12. The Morgan fingerprint density at radius 1 is 1.18 bits per heavy atom. The fraction of sp³-hybridized carbons (Fsp3) is 0.333. The lowest BCUT2D eigenvalue weighted by atomic mass is 10.3. The Hall–Kier alpha value is -1.92. The quantitative estimate of drug-likeness (QED) is 0.941. The third-order valence-electron chi connectivity index (χ3n) is 3.41. The second-order valence-corrected chi connectivity index (χ2v) is 5.39. The standard InChI is InChI=1S/C15H16ClFN4O/c16-12-8-11(2-3-13(12)17)22-15-9-14(19-10-20-15)21-6-1-4-18-5-7-21/h2-3,8-10,18H,1,4-7H2.